The van der Waals surface area contributed by atoms with Crippen LogP contribution in [0.15, 0.2) is 61.1 Å². The van der Waals surface area contributed by atoms with E-state index in [-0.39, 0.29) is 0 Å². The van der Waals surface area contributed by atoms with Crippen LogP contribution in [0.2, 0.25) is 0 Å². The minimum absolute atomic E-state index is 0.414. The smallest absolute Gasteiger partial charge is 0.252 e. The van der Waals surface area contributed by atoms with Crippen LogP contribution in [0.1, 0.15) is 21.5 Å². The number of hydrogen-bond donors (Lipinski definition) is 1. The van der Waals surface area contributed by atoms with Gasteiger partial charge in [-0.15, -0.1) is 0 Å². The second-order valence-corrected chi connectivity index (χ2v) is 5.63. The van der Waals surface area contributed by atoms with E-state index in [1.54, 1.807) is 18.3 Å². The topological polar surface area (TPSA) is 77.0 Å². The Morgan fingerprint density at radius 2 is 1.96 bits per heavy atom. The number of benzene rings is 1. The zero-order valence-corrected chi connectivity index (χ0v) is 13.5. The maximum absolute atomic E-state index is 11.5. The summed E-state index contributed by atoms with van der Waals surface area (Å²) in [6.07, 6.45) is 5.47. The molecule has 1 amide bonds. The Morgan fingerprint density at radius 1 is 1.17 bits per heavy atom. The lowest BCUT2D eigenvalue weighted by Gasteiger charge is -2.19. The second kappa shape index (κ2) is 6.95. The van der Waals surface area contributed by atoms with E-state index in [1.165, 1.54) is 5.56 Å². The van der Waals surface area contributed by atoms with Crippen LogP contribution in [-0.4, -0.2) is 27.7 Å². The maximum Gasteiger partial charge on any atom is 0.252 e. The van der Waals surface area contributed by atoms with Gasteiger partial charge in [0, 0.05) is 31.5 Å². The molecule has 3 rings (SSSR count). The van der Waals surface area contributed by atoms with Crippen LogP contribution >= 0.6 is 0 Å². The van der Waals surface area contributed by atoms with Crippen LogP contribution in [0.3, 0.4) is 0 Å². The molecule has 0 aliphatic heterocycles. The average Bonchev–Trinajstić information content (AvgIpc) is 3.02. The SMILES string of the molecule is CN(Cc1cnn(Cc2ccccc2)c1)c1ncccc1C(N)=O. The average molecular weight is 321 g/mol. The lowest BCUT2D eigenvalue weighted by atomic mass is 10.2. The molecule has 2 aromatic heterocycles. The third-order valence-electron chi connectivity index (χ3n) is 3.71. The number of anilines is 1. The molecule has 6 heteroatoms. The quantitative estimate of drug-likeness (QED) is 0.754. The molecular weight excluding hydrogens is 302 g/mol. The Labute approximate surface area is 140 Å². The second-order valence-electron chi connectivity index (χ2n) is 5.63. The number of carbonyl (C=O) groups is 1. The largest absolute Gasteiger partial charge is 0.365 e. The molecule has 0 saturated carbocycles. The Balaban J connectivity index is 1.72. The van der Waals surface area contributed by atoms with E-state index in [4.69, 9.17) is 5.73 Å². The molecule has 24 heavy (non-hydrogen) atoms. The van der Waals surface area contributed by atoms with Crippen molar-refractivity contribution in [3.05, 3.63) is 77.7 Å². The Hall–Kier alpha value is -3.15. The van der Waals surface area contributed by atoms with Crippen molar-refractivity contribution in [1.82, 2.24) is 14.8 Å². The van der Waals surface area contributed by atoms with Crippen molar-refractivity contribution in [2.45, 2.75) is 13.1 Å². The molecule has 0 atom stereocenters. The maximum atomic E-state index is 11.5. The third-order valence-corrected chi connectivity index (χ3v) is 3.71. The first kappa shape index (κ1) is 15.7. The fourth-order valence-corrected chi connectivity index (χ4v) is 2.59. The molecule has 6 nitrogen and oxygen atoms in total. The fourth-order valence-electron chi connectivity index (χ4n) is 2.59. The van der Waals surface area contributed by atoms with Gasteiger partial charge in [-0.3, -0.25) is 9.48 Å². The summed E-state index contributed by atoms with van der Waals surface area (Å²) in [5.41, 5.74) is 8.06. The first-order valence-corrected chi connectivity index (χ1v) is 7.64. The third kappa shape index (κ3) is 3.60. The summed E-state index contributed by atoms with van der Waals surface area (Å²) < 4.78 is 1.89. The van der Waals surface area contributed by atoms with E-state index in [1.807, 2.05) is 47.2 Å². The first-order chi connectivity index (χ1) is 11.6. The lowest BCUT2D eigenvalue weighted by Crippen LogP contribution is -2.23. The summed E-state index contributed by atoms with van der Waals surface area (Å²) in [6.45, 7) is 1.31. The van der Waals surface area contributed by atoms with Gasteiger partial charge in [-0.05, 0) is 17.7 Å². The zero-order valence-electron chi connectivity index (χ0n) is 13.5. The molecule has 0 saturated heterocycles. The summed E-state index contributed by atoms with van der Waals surface area (Å²) in [5, 5.41) is 4.39. The van der Waals surface area contributed by atoms with Crippen LogP contribution in [0.5, 0.6) is 0 Å². The van der Waals surface area contributed by atoms with Crippen LogP contribution < -0.4 is 10.6 Å². The van der Waals surface area contributed by atoms with E-state index < -0.39 is 5.91 Å². The highest BCUT2D eigenvalue weighted by atomic mass is 16.1. The van der Waals surface area contributed by atoms with Gasteiger partial charge in [0.2, 0.25) is 0 Å². The first-order valence-electron chi connectivity index (χ1n) is 7.64. The summed E-state index contributed by atoms with van der Waals surface area (Å²) in [7, 11) is 1.88. The standard InChI is InChI=1S/C18H19N5O/c1-22(18-16(17(19)24)8-5-9-20-18)11-15-10-21-23(13-15)12-14-6-3-2-4-7-14/h2-10,13H,11-12H2,1H3,(H2,19,24). The van der Waals surface area contributed by atoms with Gasteiger partial charge in [0.1, 0.15) is 5.82 Å². The van der Waals surface area contributed by atoms with Crippen molar-refractivity contribution in [3.63, 3.8) is 0 Å². The molecular formula is C18H19N5O. The molecule has 2 heterocycles. The van der Waals surface area contributed by atoms with Gasteiger partial charge in [0.05, 0.1) is 18.3 Å². The van der Waals surface area contributed by atoms with Gasteiger partial charge in [0.15, 0.2) is 0 Å². The molecule has 0 bridgehead atoms. The number of hydrogen-bond acceptors (Lipinski definition) is 4. The molecule has 2 N–H and O–H groups in total. The predicted molar refractivity (Wildman–Crippen MR) is 92.6 cm³/mol. The molecule has 0 spiro atoms. The number of amides is 1. The van der Waals surface area contributed by atoms with E-state index in [9.17, 15) is 4.79 Å². The normalized spacial score (nSPS) is 10.5. The van der Waals surface area contributed by atoms with Crippen molar-refractivity contribution in [2.24, 2.45) is 5.73 Å². The summed E-state index contributed by atoms with van der Waals surface area (Å²) >= 11 is 0. The minimum atomic E-state index is -0.482. The Morgan fingerprint density at radius 3 is 2.71 bits per heavy atom. The van der Waals surface area contributed by atoms with E-state index in [0.717, 1.165) is 12.1 Å². The van der Waals surface area contributed by atoms with Crippen molar-refractivity contribution < 1.29 is 4.79 Å². The lowest BCUT2D eigenvalue weighted by molar-refractivity contribution is 0.100. The molecule has 0 radical (unpaired) electrons. The molecule has 122 valence electrons. The number of rotatable bonds is 6. The predicted octanol–water partition coefficient (Wildman–Crippen LogP) is 2.06. The Bertz CT molecular complexity index is 828. The number of primary amides is 1. The molecule has 0 fully saturated rings. The molecule has 1 aromatic carbocycles. The van der Waals surface area contributed by atoms with Crippen LogP contribution in [0.4, 0.5) is 5.82 Å². The fraction of sp³-hybridized carbons (Fsp3) is 0.167. The summed E-state index contributed by atoms with van der Waals surface area (Å²) in [6, 6.07) is 13.5. The highest BCUT2D eigenvalue weighted by Crippen LogP contribution is 2.17. The van der Waals surface area contributed by atoms with Gasteiger partial charge >= 0.3 is 0 Å². The molecule has 3 aromatic rings. The van der Waals surface area contributed by atoms with Gasteiger partial charge < -0.3 is 10.6 Å². The van der Waals surface area contributed by atoms with Crippen LogP contribution in [-0.2, 0) is 13.1 Å². The number of aromatic nitrogens is 3. The monoisotopic (exact) mass is 321 g/mol. The molecule has 0 aliphatic carbocycles. The van der Waals surface area contributed by atoms with E-state index >= 15 is 0 Å². The van der Waals surface area contributed by atoms with Crippen LogP contribution in [0, 0.1) is 0 Å². The summed E-state index contributed by atoms with van der Waals surface area (Å²) in [5.74, 6) is 0.0885. The number of nitrogens with zero attached hydrogens (tertiary/aromatic N) is 4. The van der Waals surface area contributed by atoms with Crippen molar-refractivity contribution in [2.75, 3.05) is 11.9 Å². The zero-order chi connectivity index (χ0) is 16.9. The Kier molecular flexibility index (Phi) is 4.56. The number of pyridine rings is 1. The van der Waals surface area contributed by atoms with Crippen molar-refractivity contribution in [3.8, 4) is 0 Å². The van der Waals surface area contributed by atoms with E-state index in [0.29, 0.717) is 17.9 Å². The van der Waals surface area contributed by atoms with Gasteiger partial charge in [0.25, 0.3) is 5.91 Å². The van der Waals surface area contributed by atoms with Gasteiger partial charge in [-0.25, -0.2) is 4.98 Å². The van der Waals surface area contributed by atoms with Gasteiger partial charge in [-0.2, -0.15) is 5.10 Å². The summed E-state index contributed by atoms with van der Waals surface area (Å²) in [4.78, 5) is 17.7. The van der Waals surface area contributed by atoms with Crippen LogP contribution in [0.25, 0.3) is 0 Å². The highest BCUT2D eigenvalue weighted by Gasteiger charge is 2.13. The molecule has 0 unspecified atom stereocenters. The minimum Gasteiger partial charge on any atom is -0.365 e. The molecule has 0 aliphatic rings. The number of carbonyl (C=O) groups excluding carboxylic acids is 1. The highest BCUT2D eigenvalue weighted by molar-refractivity contribution is 5.97. The number of nitrogens with two attached hydrogens (primary N) is 1. The van der Waals surface area contributed by atoms with Crippen molar-refractivity contribution >= 4 is 11.7 Å². The van der Waals surface area contributed by atoms with Crippen molar-refractivity contribution in [1.29, 1.82) is 0 Å². The van der Waals surface area contributed by atoms with E-state index in [2.05, 4.69) is 22.2 Å². The van der Waals surface area contributed by atoms with Gasteiger partial charge in [-0.1, -0.05) is 30.3 Å².